The van der Waals surface area contributed by atoms with Crippen molar-refractivity contribution in [2.45, 2.75) is 25.5 Å². The van der Waals surface area contributed by atoms with Gasteiger partial charge in [0.05, 0.1) is 5.60 Å². The largest absolute Gasteiger partial charge is 0.486 e. The Bertz CT molecular complexity index is 488. The van der Waals surface area contributed by atoms with E-state index in [9.17, 15) is 5.11 Å². The molecular weight excluding hydrogens is 244 g/mol. The quantitative estimate of drug-likeness (QED) is 0.780. The second kappa shape index (κ2) is 4.58. The fourth-order valence-electron chi connectivity index (χ4n) is 2.70. The SMILES string of the molecule is CC1(O)CCN(Cc2cc3c(cc2N)OCCO3)C1. The van der Waals surface area contributed by atoms with Gasteiger partial charge in [0.2, 0.25) is 0 Å². The number of hydrogen-bond donors (Lipinski definition) is 2. The fraction of sp³-hybridized carbons (Fsp3) is 0.571. The number of anilines is 1. The maximum absolute atomic E-state index is 9.99. The summed E-state index contributed by atoms with van der Waals surface area (Å²) >= 11 is 0. The van der Waals surface area contributed by atoms with Crippen LogP contribution in [0.2, 0.25) is 0 Å². The van der Waals surface area contributed by atoms with Crippen molar-refractivity contribution in [2.75, 3.05) is 32.0 Å². The normalized spacial score (nSPS) is 26.6. The van der Waals surface area contributed by atoms with Crippen molar-refractivity contribution in [3.8, 4) is 11.5 Å². The smallest absolute Gasteiger partial charge is 0.163 e. The predicted molar refractivity (Wildman–Crippen MR) is 72.4 cm³/mol. The molecule has 0 bridgehead atoms. The van der Waals surface area contributed by atoms with Crippen LogP contribution in [-0.2, 0) is 6.54 Å². The van der Waals surface area contributed by atoms with Gasteiger partial charge in [-0.15, -0.1) is 0 Å². The van der Waals surface area contributed by atoms with Crippen LogP contribution in [0.5, 0.6) is 11.5 Å². The number of nitrogens with zero attached hydrogens (tertiary/aromatic N) is 1. The van der Waals surface area contributed by atoms with Crippen molar-refractivity contribution in [3.63, 3.8) is 0 Å². The highest BCUT2D eigenvalue weighted by atomic mass is 16.6. The van der Waals surface area contributed by atoms with Gasteiger partial charge in [-0.2, -0.15) is 0 Å². The molecule has 3 rings (SSSR count). The standard InChI is InChI=1S/C14H20N2O3/c1-14(17)2-3-16(9-14)8-10-6-12-13(7-11(10)15)19-5-4-18-12/h6-7,17H,2-5,8-9,15H2,1H3. The van der Waals surface area contributed by atoms with E-state index in [0.29, 0.717) is 19.8 Å². The molecule has 0 saturated carbocycles. The van der Waals surface area contributed by atoms with Crippen LogP contribution in [0.1, 0.15) is 18.9 Å². The molecule has 0 amide bonds. The van der Waals surface area contributed by atoms with E-state index in [1.807, 2.05) is 19.1 Å². The molecule has 104 valence electrons. The summed E-state index contributed by atoms with van der Waals surface area (Å²) in [7, 11) is 0. The maximum Gasteiger partial charge on any atom is 0.163 e. The molecule has 1 aromatic rings. The topological polar surface area (TPSA) is 68.0 Å². The average Bonchev–Trinajstić information content (AvgIpc) is 2.70. The fourth-order valence-corrected chi connectivity index (χ4v) is 2.70. The molecule has 1 fully saturated rings. The number of hydrogen-bond acceptors (Lipinski definition) is 5. The van der Waals surface area contributed by atoms with Crippen LogP contribution >= 0.6 is 0 Å². The van der Waals surface area contributed by atoms with E-state index < -0.39 is 5.60 Å². The molecule has 2 heterocycles. The van der Waals surface area contributed by atoms with E-state index in [1.165, 1.54) is 0 Å². The molecule has 1 atom stereocenters. The Morgan fingerprint density at radius 1 is 1.32 bits per heavy atom. The van der Waals surface area contributed by atoms with Crippen LogP contribution in [0.4, 0.5) is 5.69 Å². The summed E-state index contributed by atoms with van der Waals surface area (Å²) in [5.41, 5.74) is 7.23. The zero-order chi connectivity index (χ0) is 13.5. The second-order valence-corrected chi connectivity index (χ2v) is 5.65. The summed E-state index contributed by atoms with van der Waals surface area (Å²) in [4.78, 5) is 2.21. The minimum atomic E-state index is -0.581. The van der Waals surface area contributed by atoms with Gasteiger partial charge in [-0.3, -0.25) is 4.90 Å². The van der Waals surface area contributed by atoms with Crippen LogP contribution in [0.15, 0.2) is 12.1 Å². The van der Waals surface area contributed by atoms with Crippen molar-refractivity contribution < 1.29 is 14.6 Å². The number of aliphatic hydroxyl groups is 1. The lowest BCUT2D eigenvalue weighted by molar-refractivity contribution is 0.0679. The summed E-state index contributed by atoms with van der Waals surface area (Å²) in [6, 6.07) is 3.79. The molecule has 2 aliphatic rings. The van der Waals surface area contributed by atoms with Gasteiger partial charge < -0.3 is 20.3 Å². The van der Waals surface area contributed by atoms with Crippen molar-refractivity contribution in [1.82, 2.24) is 4.90 Å². The van der Waals surface area contributed by atoms with Gasteiger partial charge >= 0.3 is 0 Å². The molecule has 19 heavy (non-hydrogen) atoms. The predicted octanol–water partition coefficient (Wildman–Crippen LogP) is 0.997. The number of nitrogen functional groups attached to an aromatic ring is 1. The number of ether oxygens (including phenoxy) is 2. The number of rotatable bonds is 2. The molecule has 0 radical (unpaired) electrons. The lowest BCUT2D eigenvalue weighted by atomic mass is 10.1. The van der Waals surface area contributed by atoms with Gasteiger partial charge in [0, 0.05) is 31.4 Å². The monoisotopic (exact) mass is 264 g/mol. The molecule has 1 aromatic carbocycles. The molecule has 5 heteroatoms. The summed E-state index contributed by atoms with van der Waals surface area (Å²) in [6.07, 6.45) is 0.803. The molecule has 0 spiro atoms. The van der Waals surface area contributed by atoms with Gasteiger partial charge in [0.15, 0.2) is 11.5 Å². The zero-order valence-corrected chi connectivity index (χ0v) is 11.2. The molecule has 0 aromatic heterocycles. The third-order valence-electron chi connectivity index (χ3n) is 3.73. The van der Waals surface area contributed by atoms with Crippen molar-refractivity contribution >= 4 is 5.69 Å². The summed E-state index contributed by atoms with van der Waals surface area (Å²) in [5, 5.41) is 9.99. The first-order valence-electron chi connectivity index (χ1n) is 6.66. The minimum Gasteiger partial charge on any atom is -0.486 e. The Morgan fingerprint density at radius 3 is 2.63 bits per heavy atom. The Morgan fingerprint density at radius 2 is 2.00 bits per heavy atom. The Hall–Kier alpha value is -1.46. The first kappa shape index (κ1) is 12.6. The number of β-amino-alcohol motifs (C(OH)–C–C–N with tert-alkyl or cyclic N) is 1. The molecule has 1 unspecified atom stereocenters. The second-order valence-electron chi connectivity index (χ2n) is 5.65. The molecule has 1 saturated heterocycles. The van der Waals surface area contributed by atoms with Gasteiger partial charge in [0.1, 0.15) is 13.2 Å². The highest BCUT2D eigenvalue weighted by Crippen LogP contribution is 2.35. The van der Waals surface area contributed by atoms with Crippen molar-refractivity contribution in [3.05, 3.63) is 17.7 Å². The summed E-state index contributed by atoms with van der Waals surface area (Å²) in [6.45, 7) is 5.33. The number of likely N-dealkylation sites (tertiary alicyclic amines) is 1. The van der Waals surface area contributed by atoms with E-state index in [-0.39, 0.29) is 0 Å². The van der Waals surface area contributed by atoms with Crippen LogP contribution < -0.4 is 15.2 Å². The first-order valence-corrected chi connectivity index (χ1v) is 6.66. The molecule has 0 aliphatic carbocycles. The van der Waals surface area contributed by atoms with Gasteiger partial charge in [-0.1, -0.05) is 0 Å². The highest BCUT2D eigenvalue weighted by Gasteiger charge is 2.31. The van der Waals surface area contributed by atoms with Gasteiger partial charge in [0.25, 0.3) is 0 Å². The summed E-state index contributed by atoms with van der Waals surface area (Å²) in [5.74, 6) is 1.49. The van der Waals surface area contributed by atoms with Crippen molar-refractivity contribution in [2.24, 2.45) is 0 Å². The number of fused-ring (bicyclic) bond motifs is 1. The Balaban J connectivity index is 1.78. The number of benzene rings is 1. The minimum absolute atomic E-state index is 0.570. The maximum atomic E-state index is 9.99. The van der Waals surface area contributed by atoms with E-state index in [2.05, 4.69) is 4.90 Å². The van der Waals surface area contributed by atoms with Gasteiger partial charge in [-0.25, -0.2) is 0 Å². The molecule has 5 nitrogen and oxygen atoms in total. The highest BCUT2D eigenvalue weighted by molar-refractivity contribution is 5.58. The van der Waals surface area contributed by atoms with Gasteiger partial charge in [-0.05, 0) is 25.0 Å². The van der Waals surface area contributed by atoms with E-state index >= 15 is 0 Å². The molecule has 3 N–H and O–H groups in total. The van der Waals surface area contributed by atoms with E-state index in [0.717, 1.165) is 42.3 Å². The third-order valence-corrected chi connectivity index (χ3v) is 3.73. The summed E-state index contributed by atoms with van der Waals surface area (Å²) < 4.78 is 11.1. The lowest BCUT2D eigenvalue weighted by Crippen LogP contribution is -2.29. The van der Waals surface area contributed by atoms with Crippen LogP contribution in [0, 0.1) is 0 Å². The average molecular weight is 264 g/mol. The van der Waals surface area contributed by atoms with Crippen molar-refractivity contribution in [1.29, 1.82) is 0 Å². The molecule has 2 aliphatic heterocycles. The van der Waals surface area contributed by atoms with E-state index in [1.54, 1.807) is 0 Å². The molecular formula is C14H20N2O3. The van der Waals surface area contributed by atoms with Crippen LogP contribution in [0.3, 0.4) is 0 Å². The number of nitrogens with two attached hydrogens (primary N) is 1. The van der Waals surface area contributed by atoms with Crippen LogP contribution in [0.25, 0.3) is 0 Å². The van der Waals surface area contributed by atoms with E-state index in [4.69, 9.17) is 15.2 Å². The Labute approximate surface area is 112 Å². The lowest BCUT2D eigenvalue weighted by Gasteiger charge is -2.23. The first-order chi connectivity index (χ1) is 9.03. The third kappa shape index (κ3) is 2.62. The Kier molecular flexibility index (Phi) is 3.03. The zero-order valence-electron chi connectivity index (χ0n) is 11.2. The van der Waals surface area contributed by atoms with Crippen LogP contribution in [-0.4, -0.2) is 41.9 Å².